The van der Waals surface area contributed by atoms with Crippen molar-refractivity contribution in [2.24, 2.45) is 0 Å². The van der Waals surface area contributed by atoms with Crippen LogP contribution in [0.15, 0.2) is 48.6 Å². The van der Waals surface area contributed by atoms with E-state index >= 15 is 0 Å². The van der Waals surface area contributed by atoms with Gasteiger partial charge in [-0.15, -0.1) is 0 Å². The van der Waals surface area contributed by atoms with E-state index < -0.39 is 0 Å². The van der Waals surface area contributed by atoms with Crippen molar-refractivity contribution in [3.63, 3.8) is 0 Å². The Balaban J connectivity index is 2.14. The number of ether oxygens (including phenoxy) is 2. The molecule has 0 bridgehead atoms. The Morgan fingerprint density at radius 1 is 1.21 bits per heavy atom. The van der Waals surface area contributed by atoms with Crippen LogP contribution < -0.4 is 9.47 Å². The highest BCUT2D eigenvalue weighted by molar-refractivity contribution is 6.29. The summed E-state index contributed by atoms with van der Waals surface area (Å²) < 4.78 is 10.9. The van der Waals surface area contributed by atoms with E-state index in [-0.39, 0.29) is 0 Å². The standard InChI is InChI=1S/C19H21ClN2O2/c1-4-6-7-15(5-2)19-21-17(20)12-18(22-19)24-13-14-8-10-16(23-3)11-9-14/h5-12H,4,13H2,1-3H3/b7-6-,15-5+. The highest BCUT2D eigenvalue weighted by Gasteiger charge is 2.07. The minimum Gasteiger partial charge on any atom is -0.497 e. The molecule has 0 radical (unpaired) electrons. The van der Waals surface area contributed by atoms with Crippen LogP contribution in [0.2, 0.25) is 5.15 Å². The molecule has 0 fully saturated rings. The average Bonchev–Trinajstić information content (AvgIpc) is 2.60. The second-order valence-electron chi connectivity index (χ2n) is 5.04. The molecule has 0 unspecified atom stereocenters. The van der Waals surface area contributed by atoms with Gasteiger partial charge in [0.25, 0.3) is 0 Å². The zero-order valence-corrected chi connectivity index (χ0v) is 14.9. The van der Waals surface area contributed by atoms with Gasteiger partial charge in [0.05, 0.1) is 7.11 Å². The molecule has 0 aliphatic carbocycles. The summed E-state index contributed by atoms with van der Waals surface area (Å²) in [6.45, 7) is 4.41. The van der Waals surface area contributed by atoms with E-state index in [0.29, 0.717) is 23.5 Å². The summed E-state index contributed by atoms with van der Waals surface area (Å²) in [5.41, 5.74) is 1.93. The van der Waals surface area contributed by atoms with Gasteiger partial charge in [0, 0.05) is 11.6 Å². The number of rotatable bonds is 7. The Morgan fingerprint density at radius 3 is 2.58 bits per heavy atom. The zero-order valence-electron chi connectivity index (χ0n) is 14.1. The fraction of sp³-hybridized carbons (Fsp3) is 0.263. The van der Waals surface area contributed by atoms with Gasteiger partial charge in [-0.25, -0.2) is 4.98 Å². The molecule has 1 heterocycles. The lowest BCUT2D eigenvalue weighted by atomic mass is 10.2. The normalized spacial score (nSPS) is 11.8. The Labute approximate surface area is 147 Å². The number of allylic oxidation sites excluding steroid dienone is 4. The van der Waals surface area contributed by atoms with Gasteiger partial charge in [-0.2, -0.15) is 4.98 Å². The van der Waals surface area contributed by atoms with Crippen LogP contribution in [0, 0.1) is 0 Å². The summed E-state index contributed by atoms with van der Waals surface area (Å²) in [5, 5.41) is 0.356. The molecule has 0 atom stereocenters. The van der Waals surface area contributed by atoms with Crippen LogP contribution in [0.4, 0.5) is 0 Å². The van der Waals surface area contributed by atoms with Crippen LogP contribution in [0.5, 0.6) is 11.6 Å². The fourth-order valence-corrected chi connectivity index (χ4v) is 2.20. The lowest BCUT2D eigenvalue weighted by Gasteiger charge is -2.08. The highest BCUT2D eigenvalue weighted by atomic mass is 35.5. The molecule has 4 nitrogen and oxygen atoms in total. The van der Waals surface area contributed by atoms with Crippen molar-refractivity contribution in [3.05, 3.63) is 65.1 Å². The first-order valence-corrected chi connectivity index (χ1v) is 8.17. The molecule has 126 valence electrons. The first-order valence-electron chi connectivity index (χ1n) is 7.79. The van der Waals surface area contributed by atoms with Crippen molar-refractivity contribution >= 4 is 17.2 Å². The smallest absolute Gasteiger partial charge is 0.218 e. The summed E-state index contributed by atoms with van der Waals surface area (Å²) in [6.07, 6.45) is 6.93. The Hall–Kier alpha value is -2.33. The molecule has 0 N–H and O–H groups in total. The van der Waals surface area contributed by atoms with Gasteiger partial charge in [0.2, 0.25) is 5.88 Å². The predicted octanol–water partition coefficient (Wildman–Crippen LogP) is 5.09. The molecule has 0 aliphatic rings. The molecule has 0 aliphatic heterocycles. The maximum absolute atomic E-state index is 6.11. The number of hydrogen-bond acceptors (Lipinski definition) is 4. The van der Waals surface area contributed by atoms with Crippen molar-refractivity contribution in [2.75, 3.05) is 7.11 Å². The van der Waals surface area contributed by atoms with Crippen molar-refractivity contribution in [1.82, 2.24) is 9.97 Å². The van der Waals surface area contributed by atoms with Gasteiger partial charge in [-0.3, -0.25) is 0 Å². The van der Waals surface area contributed by atoms with E-state index in [9.17, 15) is 0 Å². The summed E-state index contributed by atoms with van der Waals surface area (Å²) >= 11 is 6.11. The number of methoxy groups -OCH3 is 1. The van der Waals surface area contributed by atoms with Gasteiger partial charge in [-0.1, -0.05) is 48.9 Å². The minimum atomic E-state index is 0.356. The lowest BCUT2D eigenvalue weighted by molar-refractivity contribution is 0.293. The first-order chi connectivity index (χ1) is 11.7. The molecular formula is C19H21ClN2O2. The Kier molecular flexibility index (Phi) is 6.82. The van der Waals surface area contributed by atoms with Gasteiger partial charge in [-0.05, 0) is 31.0 Å². The van der Waals surface area contributed by atoms with Crippen LogP contribution in [0.1, 0.15) is 31.7 Å². The third kappa shape index (κ3) is 5.10. The molecular weight excluding hydrogens is 324 g/mol. The van der Waals surface area contributed by atoms with Gasteiger partial charge < -0.3 is 9.47 Å². The van der Waals surface area contributed by atoms with E-state index in [1.165, 1.54) is 0 Å². The molecule has 1 aromatic carbocycles. The van der Waals surface area contributed by atoms with E-state index in [2.05, 4.69) is 23.0 Å². The van der Waals surface area contributed by atoms with Crippen molar-refractivity contribution in [2.45, 2.75) is 26.9 Å². The monoisotopic (exact) mass is 344 g/mol. The van der Waals surface area contributed by atoms with Crippen molar-refractivity contribution in [3.8, 4) is 11.6 Å². The Morgan fingerprint density at radius 2 is 1.96 bits per heavy atom. The second kappa shape index (κ2) is 9.08. The molecule has 24 heavy (non-hydrogen) atoms. The van der Waals surface area contributed by atoms with Crippen LogP contribution in [-0.4, -0.2) is 17.1 Å². The third-order valence-corrected chi connectivity index (χ3v) is 3.51. The van der Waals surface area contributed by atoms with Crippen LogP contribution >= 0.6 is 11.6 Å². The second-order valence-corrected chi connectivity index (χ2v) is 5.43. The van der Waals surface area contributed by atoms with Gasteiger partial charge in [0.15, 0.2) is 5.82 Å². The summed E-state index contributed by atoms with van der Waals surface area (Å²) in [6, 6.07) is 9.30. The van der Waals surface area contributed by atoms with E-state index in [1.807, 2.05) is 43.3 Å². The van der Waals surface area contributed by atoms with Gasteiger partial charge >= 0.3 is 0 Å². The van der Waals surface area contributed by atoms with E-state index in [1.54, 1.807) is 13.2 Å². The summed E-state index contributed by atoms with van der Waals surface area (Å²) in [5.74, 6) is 1.82. The molecule has 0 saturated heterocycles. The number of benzene rings is 1. The molecule has 0 saturated carbocycles. The maximum atomic E-state index is 6.11. The van der Waals surface area contributed by atoms with E-state index in [0.717, 1.165) is 23.3 Å². The number of aromatic nitrogens is 2. The third-order valence-electron chi connectivity index (χ3n) is 3.32. The number of halogens is 1. The topological polar surface area (TPSA) is 44.2 Å². The molecule has 0 spiro atoms. The molecule has 2 rings (SSSR count). The zero-order chi connectivity index (χ0) is 17.4. The summed E-state index contributed by atoms with van der Waals surface area (Å²) in [7, 11) is 1.64. The number of nitrogens with zero attached hydrogens (tertiary/aromatic N) is 2. The lowest BCUT2D eigenvalue weighted by Crippen LogP contribution is -2.01. The SMILES string of the molecule is C/C=C(\C=C/CC)c1nc(Cl)cc(OCc2ccc(OC)cc2)n1. The van der Waals surface area contributed by atoms with E-state index in [4.69, 9.17) is 21.1 Å². The number of hydrogen-bond donors (Lipinski definition) is 0. The highest BCUT2D eigenvalue weighted by Crippen LogP contribution is 2.21. The average molecular weight is 345 g/mol. The van der Waals surface area contributed by atoms with Crippen LogP contribution in [0.25, 0.3) is 5.57 Å². The van der Waals surface area contributed by atoms with Crippen LogP contribution in [0.3, 0.4) is 0 Å². The largest absolute Gasteiger partial charge is 0.497 e. The Bertz CT molecular complexity index is 725. The van der Waals surface area contributed by atoms with Crippen LogP contribution in [-0.2, 0) is 6.61 Å². The maximum Gasteiger partial charge on any atom is 0.218 e. The molecule has 1 aromatic heterocycles. The molecule has 2 aromatic rings. The van der Waals surface area contributed by atoms with Gasteiger partial charge in [0.1, 0.15) is 17.5 Å². The summed E-state index contributed by atoms with van der Waals surface area (Å²) in [4.78, 5) is 8.72. The predicted molar refractivity (Wildman–Crippen MR) is 97.5 cm³/mol. The van der Waals surface area contributed by atoms with Crippen molar-refractivity contribution < 1.29 is 9.47 Å². The molecule has 0 amide bonds. The van der Waals surface area contributed by atoms with Crippen molar-refractivity contribution in [1.29, 1.82) is 0 Å². The quantitative estimate of drug-likeness (QED) is 0.518. The fourth-order valence-electron chi connectivity index (χ4n) is 2.02. The first kappa shape index (κ1) is 18.0. The minimum absolute atomic E-state index is 0.356. The molecule has 5 heteroatoms.